The van der Waals surface area contributed by atoms with Crippen molar-refractivity contribution in [2.45, 2.75) is 26.4 Å². The van der Waals surface area contributed by atoms with Crippen LogP contribution in [0.5, 0.6) is 5.75 Å². The lowest BCUT2D eigenvalue weighted by Crippen LogP contribution is -2.42. The smallest absolute Gasteiger partial charge is 0.239 e. The third kappa shape index (κ3) is 4.07. The second-order valence-corrected chi connectivity index (χ2v) is 4.12. The molecule has 4 nitrogen and oxygen atoms in total. The molecule has 1 amide bonds. The number of carbonyl (C=O) groups is 1. The number of carbonyl (C=O) groups excluding carboxylic acids is 1. The van der Waals surface area contributed by atoms with E-state index >= 15 is 0 Å². The standard InChI is InChI=1S/C13H20N2O2/c1-4-15(3)13(17)10(2)14-9-11-5-7-12(16)8-6-11/h5-8,10,14,16H,4,9H2,1-3H3. The second-order valence-electron chi connectivity index (χ2n) is 4.12. The van der Waals surface area contributed by atoms with Gasteiger partial charge < -0.3 is 15.3 Å². The number of nitrogens with one attached hydrogen (secondary N) is 1. The molecule has 1 aromatic rings. The molecule has 2 N–H and O–H groups in total. The number of hydrogen-bond donors (Lipinski definition) is 2. The lowest BCUT2D eigenvalue weighted by atomic mass is 10.2. The summed E-state index contributed by atoms with van der Waals surface area (Å²) >= 11 is 0. The maximum absolute atomic E-state index is 11.8. The summed E-state index contributed by atoms with van der Waals surface area (Å²) in [6.45, 7) is 5.13. The van der Waals surface area contributed by atoms with Crippen LogP contribution < -0.4 is 5.32 Å². The summed E-state index contributed by atoms with van der Waals surface area (Å²) in [6.07, 6.45) is 0. The molecule has 94 valence electrons. The molecule has 0 aliphatic carbocycles. The van der Waals surface area contributed by atoms with Gasteiger partial charge in [0.05, 0.1) is 6.04 Å². The van der Waals surface area contributed by atoms with Gasteiger partial charge in [0.15, 0.2) is 0 Å². The lowest BCUT2D eigenvalue weighted by Gasteiger charge is -2.20. The molecule has 0 bridgehead atoms. The molecule has 0 aromatic heterocycles. The minimum Gasteiger partial charge on any atom is -0.508 e. The van der Waals surface area contributed by atoms with Crippen LogP contribution in [-0.4, -0.2) is 35.5 Å². The van der Waals surface area contributed by atoms with E-state index in [1.807, 2.05) is 26.0 Å². The maximum atomic E-state index is 11.8. The number of aromatic hydroxyl groups is 1. The summed E-state index contributed by atoms with van der Waals surface area (Å²) in [5.74, 6) is 0.342. The molecule has 1 atom stereocenters. The Labute approximate surface area is 102 Å². The molecule has 0 saturated carbocycles. The van der Waals surface area contributed by atoms with Crippen LogP contribution in [0.3, 0.4) is 0 Å². The van der Waals surface area contributed by atoms with E-state index < -0.39 is 0 Å². The van der Waals surface area contributed by atoms with Crippen LogP contribution >= 0.6 is 0 Å². The van der Waals surface area contributed by atoms with Crippen molar-refractivity contribution >= 4 is 5.91 Å². The fourth-order valence-corrected chi connectivity index (χ4v) is 1.46. The number of phenols is 1. The molecule has 0 radical (unpaired) electrons. The van der Waals surface area contributed by atoms with Crippen molar-refractivity contribution in [2.75, 3.05) is 13.6 Å². The highest BCUT2D eigenvalue weighted by Gasteiger charge is 2.15. The highest BCUT2D eigenvalue weighted by molar-refractivity contribution is 5.81. The first-order valence-electron chi connectivity index (χ1n) is 5.81. The second kappa shape index (κ2) is 6.25. The van der Waals surface area contributed by atoms with Crippen molar-refractivity contribution < 1.29 is 9.90 Å². The summed E-state index contributed by atoms with van der Waals surface area (Å²) in [5.41, 5.74) is 1.04. The molecule has 1 unspecified atom stereocenters. The van der Waals surface area contributed by atoms with Gasteiger partial charge in [0.25, 0.3) is 0 Å². The summed E-state index contributed by atoms with van der Waals surface area (Å²) in [5, 5.41) is 12.3. The number of hydrogen-bond acceptors (Lipinski definition) is 3. The molecule has 4 heteroatoms. The Morgan fingerprint density at radius 1 is 1.41 bits per heavy atom. The molecule has 17 heavy (non-hydrogen) atoms. The first kappa shape index (κ1) is 13.5. The van der Waals surface area contributed by atoms with Gasteiger partial charge in [-0.2, -0.15) is 0 Å². The fourth-order valence-electron chi connectivity index (χ4n) is 1.46. The maximum Gasteiger partial charge on any atom is 0.239 e. The van der Waals surface area contributed by atoms with Gasteiger partial charge in [0.2, 0.25) is 5.91 Å². The topological polar surface area (TPSA) is 52.6 Å². The molecular formula is C13H20N2O2. The van der Waals surface area contributed by atoms with Gasteiger partial charge in [0.1, 0.15) is 5.75 Å². The van der Waals surface area contributed by atoms with Crippen molar-refractivity contribution in [3.05, 3.63) is 29.8 Å². The Balaban J connectivity index is 2.45. The predicted octanol–water partition coefficient (Wildman–Crippen LogP) is 1.35. The van der Waals surface area contributed by atoms with Crippen molar-refractivity contribution in [3.8, 4) is 5.75 Å². The third-order valence-corrected chi connectivity index (χ3v) is 2.77. The summed E-state index contributed by atoms with van der Waals surface area (Å²) in [7, 11) is 1.79. The highest BCUT2D eigenvalue weighted by Crippen LogP contribution is 2.09. The number of likely N-dealkylation sites (N-methyl/N-ethyl adjacent to an activating group) is 1. The number of amides is 1. The van der Waals surface area contributed by atoms with Gasteiger partial charge in [-0.1, -0.05) is 12.1 Å². The first-order chi connectivity index (χ1) is 8.04. The quantitative estimate of drug-likeness (QED) is 0.811. The van der Waals surface area contributed by atoms with E-state index in [2.05, 4.69) is 5.32 Å². The van der Waals surface area contributed by atoms with Gasteiger partial charge in [-0.25, -0.2) is 0 Å². The normalized spacial score (nSPS) is 12.2. The monoisotopic (exact) mass is 236 g/mol. The number of nitrogens with zero attached hydrogens (tertiary/aromatic N) is 1. The van der Waals surface area contributed by atoms with Gasteiger partial charge in [-0.3, -0.25) is 4.79 Å². The Bertz CT molecular complexity index is 362. The summed E-state index contributed by atoms with van der Waals surface area (Å²) in [4.78, 5) is 13.5. The van der Waals surface area contributed by atoms with Crippen LogP contribution in [-0.2, 0) is 11.3 Å². The Morgan fingerprint density at radius 3 is 2.53 bits per heavy atom. The van der Waals surface area contributed by atoms with E-state index in [0.717, 1.165) is 5.56 Å². The lowest BCUT2D eigenvalue weighted by molar-refractivity contribution is -0.131. The Morgan fingerprint density at radius 2 is 2.00 bits per heavy atom. The van der Waals surface area contributed by atoms with Gasteiger partial charge >= 0.3 is 0 Å². The molecule has 0 heterocycles. The van der Waals surface area contributed by atoms with Crippen LogP contribution in [0.25, 0.3) is 0 Å². The average molecular weight is 236 g/mol. The Hall–Kier alpha value is -1.55. The first-order valence-corrected chi connectivity index (χ1v) is 5.81. The van der Waals surface area contributed by atoms with Crippen LogP contribution in [0.1, 0.15) is 19.4 Å². The SMILES string of the molecule is CCN(C)C(=O)C(C)NCc1ccc(O)cc1. The molecule has 1 aromatic carbocycles. The van der Waals surface area contributed by atoms with Crippen LogP contribution in [0.15, 0.2) is 24.3 Å². The molecule has 0 aliphatic heterocycles. The van der Waals surface area contributed by atoms with E-state index in [1.165, 1.54) is 0 Å². The van der Waals surface area contributed by atoms with Crippen LogP contribution in [0, 0.1) is 0 Å². The number of rotatable bonds is 5. The van der Waals surface area contributed by atoms with Crippen LogP contribution in [0.4, 0.5) is 0 Å². The molecule has 0 spiro atoms. The zero-order valence-corrected chi connectivity index (χ0v) is 10.6. The minimum atomic E-state index is -0.200. The van der Waals surface area contributed by atoms with Gasteiger partial charge in [-0.05, 0) is 31.5 Å². The number of phenolic OH excluding ortho intramolecular Hbond substituents is 1. The largest absolute Gasteiger partial charge is 0.508 e. The van der Waals surface area contributed by atoms with E-state index in [-0.39, 0.29) is 17.7 Å². The van der Waals surface area contributed by atoms with Crippen molar-refractivity contribution in [1.82, 2.24) is 10.2 Å². The molecule has 0 fully saturated rings. The van der Waals surface area contributed by atoms with E-state index in [4.69, 9.17) is 5.11 Å². The van der Waals surface area contributed by atoms with Crippen LogP contribution in [0.2, 0.25) is 0 Å². The average Bonchev–Trinajstić information content (AvgIpc) is 2.35. The van der Waals surface area contributed by atoms with E-state index in [9.17, 15) is 4.79 Å². The molecule has 1 rings (SSSR count). The highest BCUT2D eigenvalue weighted by atomic mass is 16.3. The third-order valence-electron chi connectivity index (χ3n) is 2.77. The summed E-state index contributed by atoms with van der Waals surface area (Å²) in [6, 6.07) is 6.75. The molecule has 0 saturated heterocycles. The van der Waals surface area contributed by atoms with Crippen molar-refractivity contribution in [3.63, 3.8) is 0 Å². The number of benzene rings is 1. The zero-order valence-electron chi connectivity index (χ0n) is 10.6. The molecule has 0 aliphatic rings. The van der Waals surface area contributed by atoms with Gasteiger partial charge in [-0.15, -0.1) is 0 Å². The van der Waals surface area contributed by atoms with Gasteiger partial charge in [0, 0.05) is 20.1 Å². The minimum absolute atomic E-state index is 0.0891. The Kier molecular flexibility index (Phi) is 4.97. The van der Waals surface area contributed by atoms with E-state index in [0.29, 0.717) is 13.1 Å². The van der Waals surface area contributed by atoms with Crippen molar-refractivity contribution in [1.29, 1.82) is 0 Å². The zero-order chi connectivity index (χ0) is 12.8. The predicted molar refractivity (Wildman–Crippen MR) is 67.7 cm³/mol. The van der Waals surface area contributed by atoms with Crippen molar-refractivity contribution in [2.24, 2.45) is 0 Å². The summed E-state index contributed by atoms with van der Waals surface area (Å²) < 4.78 is 0. The molecular weight excluding hydrogens is 216 g/mol. The fraction of sp³-hybridized carbons (Fsp3) is 0.462. The van der Waals surface area contributed by atoms with E-state index in [1.54, 1.807) is 24.1 Å².